The number of hydrogen-bond acceptors (Lipinski definition) is 10. The number of carbonyl (C=O) groups is 1. The molecule has 67 heavy (non-hydrogen) atoms. The number of nitrogens with one attached hydrogen (secondary N) is 1. The molecule has 0 aromatic carbocycles. The first-order valence-corrected chi connectivity index (χ1v) is 29.6. The summed E-state index contributed by atoms with van der Waals surface area (Å²) in [7, 11) is -5.08. The summed E-state index contributed by atoms with van der Waals surface area (Å²) >= 11 is 0. The van der Waals surface area contributed by atoms with E-state index in [9.17, 15) is 44.9 Å². The van der Waals surface area contributed by atoms with Crippen LogP contribution >= 0.6 is 7.82 Å². The van der Waals surface area contributed by atoms with Crippen LogP contribution in [0, 0.1) is 0 Å². The molecule has 0 aromatic heterocycles. The van der Waals surface area contributed by atoms with E-state index >= 15 is 0 Å². The number of amides is 1. The Morgan fingerprint density at radius 1 is 0.493 bits per heavy atom. The second kappa shape index (κ2) is 43.8. The van der Waals surface area contributed by atoms with Crippen LogP contribution < -0.4 is 5.32 Å². The predicted octanol–water partition coefficient (Wildman–Crippen LogP) is 12.4. The number of hydrogen-bond donors (Lipinski definition) is 8. The molecule has 1 fully saturated rings. The molecule has 1 aliphatic rings. The summed E-state index contributed by atoms with van der Waals surface area (Å²) in [5, 5.41) is 64.3. The van der Waals surface area contributed by atoms with Gasteiger partial charge in [0.1, 0.15) is 36.6 Å². The number of aliphatic hydroxyl groups excluding tert-OH is 6. The fourth-order valence-electron chi connectivity index (χ4n) is 9.26. The van der Waals surface area contributed by atoms with Gasteiger partial charge in [0.2, 0.25) is 5.91 Å². The average molecular weight is 976 g/mol. The Balaban J connectivity index is 2.34. The molecule has 0 radical (unpaired) electrons. The maximum atomic E-state index is 13.0. The first-order chi connectivity index (χ1) is 32.4. The Morgan fingerprint density at radius 3 is 1.13 bits per heavy atom. The van der Waals surface area contributed by atoms with E-state index in [1.54, 1.807) is 6.08 Å². The topological polar surface area (TPSA) is 206 Å². The number of aliphatic hydroxyl groups is 6. The summed E-state index contributed by atoms with van der Waals surface area (Å²) in [4.78, 5) is 23.5. The van der Waals surface area contributed by atoms with Crippen molar-refractivity contribution >= 4 is 13.7 Å². The van der Waals surface area contributed by atoms with Gasteiger partial charge in [-0.1, -0.05) is 257 Å². The van der Waals surface area contributed by atoms with Crippen LogP contribution in [-0.2, 0) is 18.4 Å². The molecule has 6 unspecified atom stereocenters. The number of carbonyl (C=O) groups excluding carboxylic acids is 1. The molecule has 1 rings (SSSR count). The molecule has 0 saturated heterocycles. The number of phosphoric acid groups is 1. The monoisotopic (exact) mass is 976 g/mol. The number of rotatable bonds is 48. The Kier molecular flexibility index (Phi) is 41.9. The SMILES string of the molecule is CCCCCCCCCCCCCCCC/C=C/[C@@H](O)[C@H](COP(=O)(O)OC1C(O)C(O)C(O)[C@@H](O)C1O)NC(=O)CCCCCCCCCCCCCCCCCCCCCCCCCC. The van der Waals surface area contributed by atoms with Gasteiger partial charge in [0.05, 0.1) is 18.8 Å². The molecule has 9 atom stereocenters. The standard InChI is InChI=1S/C54H106NO11P/c1-3-5-7-9-11-13-15-17-19-21-22-23-24-25-26-27-28-30-32-34-36-38-40-42-44-48(57)55-46(45-65-67(63,64)66-54-52(61)50(59)49(58)51(60)53(54)62)47(56)43-41-39-37-35-33-31-29-20-18-16-14-12-10-8-6-4-2/h41,43,46-47,49-54,56,58-62H,3-40,42,44-45H2,1-2H3,(H,55,57)(H,63,64)/b43-41+/t46-,47+,49?,50+,51?,52?,53?,54?/m0/s1. The van der Waals surface area contributed by atoms with Gasteiger partial charge in [0.25, 0.3) is 0 Å². The van der Waals surface area contributed by atoms with Crippen LogP contribution in [0.3, 0.4) is 0 Å². The van der Waals surface area contributed by atoms with E-state index in [0.717, 1.165) is 44.9 Å². The number of phosphoric ester groups is 1. The quantitative estimate of drug-likeness (QED) is 0.0164. The third-order valence-electron chi connectivity index (χ3n) is 13.8. The highest BCUT2D eigenvalue weighted by Gasteiger charge is 2.51. The van der Waals surface area contributed by atoms with Crippen LogP contribution in [0.4, 0.5) is 0 Å². The Bertz CT molecular complexity index is 1180. The second-order valence-corrected chi connectivity index (χ2v) is 21.6. The van der Waals surface area contributed by atoms with Crippen molar-refractivity contribution in [3.8, 4) is 0 Å². The molecule has 13 heteroatoms. The summed E-state index contributed by atoms with van der Waals surface area (Å²) in [6.07, 6.45) is 40.0. The molecule has 1 amide bonds. The maximum Gasteiger partial charge on any atom is 0.472 e. The number of allylic oxidation sites excluding steroid dienone is 1. The van der Waals surface area contributed by atoms with Crippen molar-refractivity contribution in [2.45, 2.75) is 319 Å². The molecular weight excluding hydrogens is 870 g/mol. The van der Waals surface area contributed by atoms with E-state index in [4.69, 9.17) is 9.05 Å². The van der Waals surface area contributed by atoms with Crippen molar-refractivity contribution in [1.82, 2.24) is 5.32 Å². The lowest BCUT2D eigenvalue weighted by Crippen LogP contribution is -2.64. The highest BCUT2D eigenvalue weighted by Crippen LogP contribution is 2.47. The molecule has 0 spiro atoms. The molecule has 0 aromatic rings. The summed E-state index contributed by atoms with van der Waals surface area (Å²) in [5.41, 5.74) is 0. The van der Waals surface area contributed by atoms with E-state index in [0.29, 0.717) is 6.42 Å². The first kappa shape index (κ1) is 64.1. The third-order valence-corrected chi connectivity index (χ3v) is 14.8. The number of unbranched alkanes of at least 4 members (excludes halogenated alkanes) is 37. The fraction of sp³-hybridized carbons (Fsp3) is 0.944. The molecule has 1 aliphatic carbocycles. The van der Waals surface area contributed by atoms with Gasteiger partial charge in [-0.15, -0.1) is 0 Å². The minimum Gasteiger partial charge on any atom is -0.387 e. The van der Waals surface area contributed by atoms with Crippen LogP contribution in [0.2, 0.25) is 0 Å². The molecule has 0 bridgehead atoms. The Morgan fingerprint density at radius 2 is 0.791 bits per heavy atom. The lowest BCUT2D eigenvalue weighted by molar-refractivity contribution is -0.220. The smallest absolute Gasteiger partial charge is 0.387 e. The van der Waals surface area contributed by atoms with Gasteiger partial charge in [-0.25, -0.2) is 4.57 Å². The van der Waals surface area contributed by atoms with Crippen LogP contribution in [0.15, 0.2) is 12.2 Å². The lowest BCUT2D eigenvalue weighted by atomic mass is 9.85. The molecular formula is C54H106NO11P. The van der Waals surface area contributed by atoms with Gasteiger partial charge in [-0.3, -0.25) is 13.8 Å². The van der Waals surface area contributed by atoms with Gasteiger partial charge in [-0.2, -0.15) is 0 Å². The molecule has 1 saturated carbocycles. The molecule has 398 valence electrons. The molecule has 12 nitrogen and oxygen atoms in total. The first-order valence-electron chi connectivity index (χ1n) is 28.1. The minimum absolute atomic E-state index is 0.219. The zero-order valence-corrected chi connectivity index (χ0v) is 43.9. The second-order valence-electron chi connectivity index (χ2n) is 20.1. The van der Waals surface area contributed by atoms with Gasteiger partial charge in [0, 0.05) is 6.42 Å². The van der Waals surface area contributed by atoms with E-state index in [2.05, 4.69) is 19.2 Å². The zero-order chi connectivity index (χ0) is 49.2. The summed E-state index contributed by atoms with van der Waals surface area (Å²) in [6, 6.07) is -1.11. The zero-order valence-electron chi connectivity index (χ0n) is 43.0. The summed E-state index contributed by atoms with van der Waals surface area (Å²) in [6.45, 7) is 3.88. The van der Waals surface area contributed by atoms with Crippen molar-refractivity contribution in [3.63, 3.8) is 0 Å². The van der Waals surface area contributed by atoms with E-state index in [1.807, 2.05) is 6.08 Å². The molecule has 0 heterocycles. The van der Waals surface area contributed by atoms with Crippen LogP contribution in [0.1, 0.15) is 271 Å². The van der Waals surface area contributed by atoms with Crippen molar-refractivity contribution < 1.29 is 53.9 Å². The Labute approximate surface area is 409 Å². The molecule has 8 N–H and O–H groups in total. The van der Waals surface area contributed by atoms with Crippen LogP contribution in [0.25, 0.3) is 0 Å². The van der Waals surface area contributed by atoms with Crippen LogP contribution in [0.5, 0.6) is 0 Å². The third kappa shape index (κ3) is 34.9. The fourth-order valence-corrected chi connectivity index (χ4v) is 10.2. The molecule has 0 aliphatic heterocycles. The van der Waals surface area contributed by atoms with Gasteiger partial charge in [0.15, 0.2) is 0 Å². The van der Waals surface area contributed by atoms with Crippen molar-refractivity contribution in [1.29, 1.82) is 0 Å². The van der Waals surface area contributed by atoms with Crippen molar-refractivity contribution in [2.75, 3.05) is 6.61 Å². The minimum atomic E-state index is -5.08. The Hall–Kier alpha value is -0.920. The van der Waals surface area contributed by atoms with Crippen LogP contribution in [-0.4, -0.2) is 96.8 Å². The van der Waals surface area contributed by atoms with E-state index in [-0.39, 0.29) is 12.3 Å². The largest absolute Gasteiger partial charge is 0.472 e. The van der Waals surface area contributed by atoms with Gasteiger partial charge >= 0.3 is 7.82 Å². The van der Waals surface area contributed by atoms with E-state index in [1.165, 1.54) is 199 Å². The highest BCUT2D eigenvalue weighted by molar-refractivity contribution is 7.47. The lowest BCUT2D eigenvalue weighted by Gasteiger charge is -2.41. The van der Waals surface area contributed by atoms with E-state index < -0.39 is 63.2 Å². The van der Waals surface area contributed by atoms with Gasteiger partial charge in [-0.05, 0) is 19.3 Å². The van der Waals surface area contributed by atoms with Crippen molar-refractivity contribution in [2.24, 2.45) is 0 Å². The summed E-state index contributed by atoms with van der Waals surface area (Å²) < 4.78 is 23.0. The van der Waals surface area contributed by atoms with Gasteiger partial charge < -0.3 is 40.8 Å². The highest BCUT2D eigenvalue weighted by atomic mass is 31.2. The predicted molar refractivity (Wildman–Crippen MR) is 274 cm³/mol. The average Bonchev–Trinajstić information content (AvgIpc) is 3.31. The summed E-state index contributed by atoms with van der Waals surface area (Å²) in [5.74, 6) is -0.334. The maximum absolute atomic E-state index is 13.0. The van der Waals surface area contributed by atoms with Crippen molar-refractivity contribution in [3.05, 3.63) is 12.2 Å². The normalized spacial score (nSPS) is 21.7.